The number of amides is 2. The van der Waals surface area contributed by atoms with Gasteiger partial charge in [-0.05, 0) is 49.7 Å². The van der Waals surface area contributed by atoms with Gasteiger partial charge in [0.2, 0.25) is 0 Å². The number of carbonyl (C=O) groups excluding carboxylic acids is 1. The highest BCUT2D eigenvalue weighted by Crippen LogP contribution is 2.16. The predicted molar refractivity (Wildman–Crippen MR) is 91.8 cm³/mol. The third-order valence-corrected chi connectivity index (χ3v) is 3.65. The zero-order valence-electron chi connectivity index (χ0n) is 13.7. The molecule has 0 aliphatic carbocycles. The summed E-state index contributed by atoms with van der Waals surface area (Å²) in [4.78, 5) is 12.1. The highest BCUT2D eigenvalue weighted by atomic mass is 16.3. The van der Waals surface area contributed by atoms with E-state index in [1.165, 1.54) is 0 Å². The summed E-state index contributed by atoms with van der Waals surface area (Å²) in [6.07, 6.45) is 3.67. The minimum atomic E-state index is -0.267. The molecule has 3 rings (SSSR count). The van der Waals surface area contributed by atoms with Crippen LogP contribution in [0, 0.1) is 6.92 Å². The summed E-state index contributed by atoms with van der Waals surface area (Å²) in [7, 11) is 0. The van der Waals surface area contributed by atoms with Crippen LogP contribution in [0.1, 0.15) is 30.0 Å². The van der Waals surface area contributed by atoms with E-state index in [-0.39, 0.29) is 12.1 Å². The molecule has 6 nitrogen and oxygen atoms in total. The van der Waals surface area contributed by atoms with Crippen LogP contribution >= 0.6 is 0 Å². The molecular weight excluding hydrogens is 304 g/mol. The first-order valence-corrected chi connectivity index (χ1v) is 7.80. The highest BCUT2D eigenvalue weighted by Gasteiger charge is 2.12. The van der Waals surface area contributed by atoms with Gasteiger partial charge in [-0.2, -0.15) is 5.10 Å². The van der Waals surface area contributed by atoms with Crippen LogP contribution in [-0.4, -0.2) is 15.8 Å². The maximum absolute atomic E-state index is 12.1. The topological polar surface area (TPSA) is 72.1 Å². The molecule has 2 aromatic heterocycles. The van der Waals surface area contributed by atoms with E-state index < -0.39 is 0 Å². The quantitative estimate of drug-likeness (QED) is 0.751. The molecule has 0 radical (unpaired) electrons. The lowest BCUT2D eigenvalue weighted by Gasteiger charge is -2.13. The van der Waals surface area contributed by atoms with E-state index in [1.807, 2.05) is 67.2 Å². The maximum atomic E-state index is 12.1. The zero-order valence-corrected chi connectivity index (χ0v) is 13.7. The molecule has 2 amide bonds. The Kier molecular flexibility index (Phi) is 4.65. The Morgan fingerprint density at radius 1 is 1.25 bits per heavy atom. The minimum Gasteiger partial charge on any atom is -0.464 e. The van der Waals surface area contributed by atoms with Crippen LogP contribution in [0.3, 0.4) is 0 Å². The fraction of sp³-hybridized carbons (Fsp3) is 0.222. The molecule has 0 fully saturated rings. The van der Waals surface area contributed by atoms with Gasteiger partial charge in [-0.1, -0.05) is 12.1 Å². The average molecular weight is 324 g/mol. The van der Waals surface area contributed by atoms with Gasteiger partial charge in [-0.15, -0.1) is 0 Å². The molecule has 0 saturated carbocycles. The van der Waals surface area contributed by atoms with Crippen LogP contribution in [0.2, 0.25) is 0 Å². The second-order valence-electron chi connectivity index (χ2n) is 5.67. The number of anilines is 1. The van der Waals surface area contributed by atoms with Crippen LogP contribution in [0.5, 0.6) is 0 Å². The van der Waals surface area contributed by atoms with Gasteiger partial charge in [0, 0.05) is 18.1 Å². The summed E-state index contributed by atoms with van der Waals surface area (Å²) >= 11 is 0. The number of aromatic nitrogens is 2. The van der Waals surface area contributed by atoms with E-state index >= 15 is 0 Å². The van der Waals surface area contributed by atoms with E-state index in [1.54, 1.807) is 6.20 Å². The van der Waals surface area contributed by atoms with Gasteiger partial charge in [0.05, 0.1) is 12.6 Å². The lowest BCUT2D eigenvalue weighted by atomic mass is 10.2. The van der Waals surface area contributed by atoms with Crippen molar-refractivity contribution in [3.63, 3.8) is 0 Å². The monoisotopic (exact) mass is 324 g/mol. The number of hydrogen-bond donors (Lipinski definition) is 2. The molecule has 2 heterocycles. The Morgan fingerprint density at radius 2 is 2.04 bits per heavy atom. The van der Waals surface area contributed by atoms with E-state index in [0.29, 0.717) is 6.54 Å². The van der Waals surface area contributed by atoms with Gasteiger partial charge in [-0.3, -0.25) is 4.68 Å². The second-order valence-corrected chi connectivity index (χ2v) is 5.67. The molecule has 0 bridgehead atoms. The van der Waals surface area contributed by atoms with Crippen molar-refractivity contribution in [1.29, 1.82) is 0 Å². The van der Waals surface area contributed by atoms with E-state index in [9.17, 15) is 4.79 Å². The Bertz CT molecular complexity index is 791. The standard InChI is InChI=1S/C18H20N4O2/c1-13-4-9-17(24-13)14(2)20-18(23)21-16-7-5-15(6-8-16)12-22-11-3-10-19-22/h3-11,14H,12H2,1-2H3,(H2,20,21,23). The third-order valence-electron chi connectivity index (χ3n) is 3.65. The van der Waals surface area contributed by atoms with Crippen LogP contribution in [0.25, 0.3) is 0 Å². The first kappa shape index (κ1) is 15.9. The molecule has 2 N–H and O–H groups in total. The summed E-state index contributed by atoms with van der Waals surface area (Å²) in [6.45, 7) is 4.46. The maximum Gasteiger partial charge on any atom is 0.319 e. The SMILES string of the molecule is Cc1ccc(C(C)NC(=O)Nc2ccc(Cn3cccn3)cc2)o1. The van der Waals surface area contributed by atoms with Crippen molar-refractivity contribution in [3.8, 4) is 0 Å². The fourth-order valence-corrected chi connectivity index (χ4v) is 2.40. The molecule has 1 atom stereocenters. The van der Waals surface area contributed by atoms with Gasteiger partial charge in [0.1, 0.15) is 11.5 Å². The van der Waals surface area contributed by atoms with E-state index in [4.69, 9.17) is 4.42 Å². The molecule has 24 heavy (non-hydrogen) atoms. The molecule has 0 aliphatic rings. The number of nitrogens with zero attached hydrogens (tertiary/aromatic N) is 2. The van der Waals surface area contributed by atoms with Crippen LogP contribution < -0.4 is 10.6 Å². The Hall–Kier alpha value is -3.02. The lowest BCUT2D eigenvalue weighted by molar-refractivity contribution is 0.247. The molecule has 1 aromatic carbocycles. The number of rotatable bonds is 5. The third kappa shape index (κ3) is 4.04. The summed E-state index contributed by atoms with van der Waals surface area (Å²) < 4.78 is 7.36. The number of benzene rings is 1. The summed E-state index contributed by atoms with van der Waals surface area (Å²) in [6, 6.07) is 12.9. The highest BCUT2D eigenvalue weighted by molar-refractivity contribution is 5.89. The summed E-state index contributed by atoms with van der Waals surface area (Å²) in [5, 5.41) is 9.85. The molecule has 0 aliphatic heterocycles. The van der Waals surface area contributed by atoms with E-state index in [0.717, 1.165) is 22.8 Å². The molecule has 0 spiro atoms. The number of hydrogen-bond acceptors (Lipinski definition) is 3. The van der Waals surface area contributed by atoms with Crippen LogP contribution in [0.15, 0.2) is 59.3 Å². The molecule has 0 saturated heterocycles. The van der Waals surface area contributed by atoms with E-state index in [2.05, 4.69) is 15.7 Å². The summed E-state index contributed by atoms with van der Waals surface area (Å²) in [5.41, 5.74) is 1.85. The normalized spacial score (nSPS) is 11.9. The van der Waals surface area contributed by atoms with Gasteiger partial charge in [0.25, 0.3) is 0 Å². The Labute approximate surface area is 140 Å². The van der Waals surface area contributed by atoms with Crippen molar-refractivity contribution in [2.24, 2.45) is 0 Å². The van der Waals surface area contributed by atoms with Crippen molar-refractivity contribution < 1.29 is 9.21 Å². The van der Waals surface area contributed by atoms with Crippen molar-refractivity contribution in [2.45, 2.75) is 26.4 Å². The number of carbonyl (C=O) groups is 1. The lowest BCUT2D eigenvalue weighted by Crippen LogP contribution is -2.30. The largest absolute Gasteiger partial charge is 0.464 e. The predicted octanol–water partition coefficient (Wildman–Crippen LogP) is 3.72. The van der Waals surface area contributed by atoms with Gasteiger partial charge < -0.3 is 15.1 Å². The molecule has 6 heteroatoms. The molecule has 3 aromatic rings. The van der Waals surface area contributed by atoms with Gasteiger partial charge >= 0.3 is 6.03 Å². The number of nitrogens with one attached hydrogen (secondary N) is 2. The Balaban J connectivity index is 1.54. The fourth-order valence-electron chi connectivity index (χ4n) is 2.40. The molecule has 1 unspecified atom stereocenters. The average Bonchev–Trinajstić information content (AvgIpc) is 3.21. The van der Waals surface area contributed by atoms with Gasteiger partial charge in [0.15, 0.2) is 0 Å². The smallest absolute Gasteiger partial charge is 0.319 e. The first-order valence-electron chi connectivity index (χ1n) is 7.80. The van der Waals surface area contributed by atoms with Crippen molar-refractivity contribution >= 4 is 11.7 Å². The number of aryl methyl sites for hydroxylation is 1. The Morgan fingerprint density at radius 3 is 2.67 bits per heavy atom. The molecule has 124 valence electrons. The number of furan rings is 1. The minimum absolute atomic E-state index is 0.196. The van der Waals surface area contributed by atoms with Gasteiger partial charge in [-0.25, -0.2) is 4.79 Å². The first-order chi connectivity index (χ1) is 11.6. The van der Waals surface area contributed by atoms with Crippen molar-refractivity contribution in [1.82, 2.24) is 15.1 Å². The molecular formula is C18H20N4O2. The second kappa shape index (κ2) is 7.04. The van der Waals surface area contributed by atoms with Crippen molar-refractivity contribution in [3.05, 3.63) is 71.9 Å². The van der Waals surface area contributed by atoms with Crippen molar-refractivity contribution in [2.75, 3.05) is 5.32 Å². The summed E-state index contributed by atoms with van der Waals surface area (Å²) in [5.74, 6) is 1.56. The number of urea groups is 1. The van der Waals surface area contributed by atoms with Crippen LogP contribution in [0.4, 0.5) is 10.5 Å². The van der Waals surface area contributed by atoms with Crippen LogP contribution in [-0.2, 0) is 6.54 Å². The zero-order chi connectivity index (χ0) is 16.9.